The normalized spacial score (nSPS) is 20.2. The van der Waals surface area contributed by atoms with E-state index in [-0.39, 0.29) is 5.91 Å². The monoisotopic (exact) mass is 237 g/mol. The van der Waals surface area contributed by atoms with Crippen LogP contribution in [0.15, 0.2) is 6.20 Å². The highest BCUT2D eigenvalue weighted by atomic mass is 16.5. The summed E-state index contributed by atoms with van der Waals surface area (Å²) in [5, 5.41) is 6.99. The number of aromatic nitrogens is 2. The molecule has 5 heteroatoms. The fraction of sp³-hybridized carbons (Fsp3) is 0.667. The average molecular weight is 237 g/mol. The van der Waals surface area contributed by atoms with E-state index in [0.29, 0.717) is 18.9 Å². The topological polar surface area (TPSA) is 56.1 Å². The molecule has 1 aliphatic heterocycles. The summed E-state index contributed by atoms with van der Waals surface area (Å²) in [5.74, 6) is 0.414. The summed E-state index contributed by atoms with van der Waals surface area (Å²) in [5.41, 5.74) is 1.77. The quantitative estimate of drug-likeness (QED) is 0.866. The van der Waals surface area contributed by atoms with Gasteiger partial charge in [0, 0.05) is 26.7 Å². The van der Waals surface area contributed by atoms with E-state index in [1.165, 1.54) is 0 Å². The lowest BCUT2D eigenvalue weighted by atomic mass is 9.98. The Balaban J connectivity index is 1.86. The second kappa shape index (κ2) is 5.31. The molecule has 0 aromatic carbocycles. The summed E-state index contributed by atoms with van der Waals surface area (Å²) >= 11 is 0. The third-order valence-corrected chi connectivity index (χ3v) is 3.24. The highest BCUT2D eigenvalue weighted by molar-refractivity contribution is 5.91. The largest absolute Gasteiger partial charge is 0.381 e. The van der Waals surface area contributed by atoms with Gasteiger partial charge in [-0.1, -0.05) is 0 Å². The van der Waals surface area contributed by atoms with Crippen molar-refractivity contribution in [1.82, 2.24) is 9.78 Å². The summed E-state index contributed by atoms with van der Waals surface area (Å²) in [7, 11) is 1.86. The molecule has 0 saturated carbocycles. The third-order valence-electron chi connectivity index (χ3n) is 3.24. The molecule has 1 N–H and O–H groups in total. The molecule has 2 heterocycles. The van der Waals surface area contributed by atoms with Gasteiger partial charge in [-0.2, -0.15) is 5.10 Å². The van der Waals surface area contributed by atoms with Crippen LogP contribution >= 0.6 is 0 Å². The van der Waals surface area contributed by atoms with Crippen molar-refractivity contribution < 1.29 is 9.53 Å². The van der Waals surface area contributed by atoms with Crippen LogP contribution in [0.5, 0.6) is 0 Å². The van der Waals surface area contributed by atoms with Crippen LogP contribution in [-0.2, 0) is 16.6 Å². The van der Waals surface area contributed by atoms with E-state index in [1.807, 2.05) is 14.0 Å². The van der Waals surface area contributed by atoms with Gasteiger partial charge < -0.3 is 10.1 Å². The molecule has 1 fully saturated rings. The molecule has 94 valence electrons. The number of carbonyl (C=O) groups is 1. The van der Waals surface area contributed by atoms with E-state index in [9.17, 15) is 4.79 Å². The number of aryl methyl sites for hydroxylation is 1. The summed E-state index contributed by atoms with van der Waals surface area (Å²) in [6.45, 7) is 3.48. The molecule has 1 amide bonds. The Hall–Kier alpha value is -1.36. The number of nitrogens with zero attached hydrogens (tertiary/aromatic N) is 2. The van der Waals surface area contributed by atoms with Crippen LogP contribution in [-0.4, -0.2) is 28.9 Å². The van der Waals surface area contributed by atoms with Crippen molar-refractivity contribution in [3.8, 4) is 0 Å². The molecule has 0 radical (unpaired) electrons. The van der Waals surface area contributed by atoms with Crippen molar-refractivity contribution >= 4 is 11.6 Å². The second-order valence-corrected chi connectivity index (χ2v) is 4.60. The molecule has 1 aromatic heterocycles. The number of anilines is 1. The van der Waals surface area contributed by atoms with Crippen LogP contribution < -0.4 is 5.32 Å². The molecule has 1 aromatic rings. The van der Waals surface area contributed by atoms with E-state index < -0.39 is 0 Å². The Morgan fingerprint density at radius 2 is 2.53 bits per heavy atom. The van der Waals surface area contributed by atoms with Crippen LogP contribution in [0, 0.1) is 12.8 Å². The van der Waals surface area contributed by atoms with Crippen molar-refractivity contribution in [3.63, 3.8) is 0 Å². The first-order chi connectivity index (χ1) is 8.16. The Morgan fingerprint density at radius 3 is 3.12 bits per heavy atom. The molecule has 17 heavy (non-hydrogen) atoms. The van der Waals surface area contributed by atoms with Crippen LogP contribution in [0.4, 0.5) is 5.69 Å². The maximum atomic E-state index is 11.8. The lowest BCUT2D eigenvalue weighted by molar-refractivity contribution is -0.118. The smallest absolute Gasteiger partial charge is 0.224 e. The molecule has 1 aliphatic rings. The van der Waals surface area contributed by atoms with Crippen LogP contribution in [0.1, 0.15) is 25.0 Å². The zero-order valence-electron chi connectivity index (χ0n) is 10.4. The van der Waals surface area contributed by atoms with Crippen molar-refractivity contribution in [2.45, 2.75) is 26.2 Å². The standard InChI is InChI=1S/C12H19N3O2/c1-9-11(7-13-15(9)2)14-12(16)6-10-4-3-5-17-8-10/h7,10H,3-6,8H2,1-2H3,(H,14,16). The van der Waals surface area contributed by atoms with Gasteiger partial charge in [0.25, 0.3) is 0 Å². The van der Waals surface area contributed by atoms with Crippen molar-refractivity contribution in [1.29, 1.82) is 0 Å². The van der Waals surface area contributed by atoms with Crippen molar-refractivity contribution in [2.75, 3.05) is 18.5 Å². The minimum absolute atomic E-state index is 0.0524. The molecule has 0 aliphatic carbocycles. The zero-order chi connectivity index (χ0) is 12.3. The Bertz CT molecular complexity index is 394. The minimum Gasteiger partial charge on any atom is -0.381 e. The SMILES string of the molecule is Cc1c(NC(=O)CC2CCCOC2)cnn1C. The van der Waals surface area contributed by atoms with Gasteiger partial charge in [0.1, 0.15) is 0 Å². The molecular formula is C12H19N3O2. The average Bonchev–Trinajstić information content (AvgIpc) is 2.62. The summed E-state index contributed by atoms with van der Waals surface area (Å²) in [6, 6.07) is 0. The van der Waals surface area contributed by atoms with Gasteiger partial charge in [-0.15, -0.1) is 0 Å². The summed E-state index contributed by atoms with van der Waals surface area (Å²) < 4.78 is 7.11. The van der Waals surface area contributed by atoms with Crippen LogP contribution in [0.25, 0.3) is 0 Å². The Kier molecular flexibility index (Phi) is 3.78. The van der Waals surface area contributed by atoms with Gasteiger partial charge in [-0.3, -0.25) is 9.48 Å². The molecule has 1 saturated heterocycles. The number of amides is 1. The number of hydrogen-bond acceptors (Lipinski definition) is 3. The first-order valence-corrected chi connectivity index (χ1v) is 6.03. The molecule has 2 rings (SSSR count). The number of hydrogen-bond donors (Lipinski definition) is 1. The molecule has 0 spiro atoms. The van der Waals surface area contributed by atoms with E-state index in [0.717, 1.165) is 30.8 Å². The maximum Gasteiger partial charge on any atom is 0.224 e. The first-order valence-electron chi connectivity index (χ1n) is 6.03. The fourth-order valence-corrected chi connectivity index (χ4v) is 2.05. The predicted octanol–water partition coefficient (Wildman–Crippen LogP) is 1.48. The summed E-state index contributed by atoms with van der Waals surface area (Å²) in [4.78, 5) is 11.8. The zero-order valence-corrected chi connectivity index (χ0v) is 10.4. The van der Waals surface area contributed by atoms with E-state index in [1.54, 1.807) is 10.9 Å². The Morgan fingerprint density at radius 1 is 1.71 bits per heavy atom. The highest BCUT2D eigenvalue weighted by Crippen LogP contribution is 2.19. The number of rotatable bonds is 3. The van der Waals surface area contributed by atoms with Crippen LogP contribution in [0.3, 0.4) is 0 Å². The first kappa shape index (κ1) is 12.1. The Labute approximate surface area is 101 Å². The van der Waals surface area contributed by atoms with Crippen LogP contribution in [0.2, 0.25) is 0 Å². The maximum absolute atomic E-state index is 11.8. The number of carbonyl (C=O) groups excluding carboxylic acids is 1. The molecule has 5 nitrogen and oxygen atoms in total. The van der Waals surface area contributed by atoms with Gasteiger partial charge in [-0.25, -0.2) is 0 Å². The van der Waals surface area contributed by atoms with Gasteiger partial charge >= 0.3 is 0 Å². The minimum atomic E-state index is 0.0524. The molecule has 1 unspecified atom stereocenters. The van der Waals surface area contributed by atoms with E-state index in [2.05, 4.69) is 10.4 Å². The summed E-state index contributed by atoms with van der Waals surface area (Å²) in [6.07, 6.45) is 4.36. The van der Waals surface area contributed by atoms with E-state index >= 15 is 0 Å². The predicted molar refractivity (Wildman–Crippen MR) is 64.7 cm³/mol. The molecule has 0 bridgehead atoms. The lowest BCUT2D eigenvalue weighted by Gasteiger charge is -2.21. The van der Waals surface area contributed by atoms with E-state index in [4.69, 9.17) is 4.74 Å². The van der Waals surface area contributed by atoms with Gasteiger partial charge in [0.05, 0.1) is 17.6 Å². The van der Waals surface area contributed by atoms with Crippen molar-refractivity contribution in [3.05, 3.63) is 11.9 Å². The van der Waals surface area contributed by atoms with Crippen molar-refractivity contribution in [2.24, 2.45) is 13.0 Å². The lowest BCUT2D eigenvalue weighted by Crippen LogP contribution is -2.23. The second-order valence-electron chi connectivity index (χ2n) is 4.60. The molecule has 1 atom stereocenters. The number of ether oxygens (including phenoxy) is 1. The highest BCUT2D eigenvalue weighted by Gasteiger charge is 2.18. The number of nitrogens with one attached hydrogen (secondary N) is 1. The van der Waals surface area contributed by atoms with Gasteiger partial charge in [0.15, 0.2) is 0 Å². The van der Waals surface area contributed by atoms with Gasteiger partial charge in [0.2, 0.25) is 5.91 Å². The van der Waals surface area contributed by atoms with Gasteiger partial charge in [-0.05, 0) is 25.7 Å². The fourth-order valence-electron chi connectivity index (χ4n) is 2.05. The third kappa shape index (κ3) is 3.06. The molecular weight excluding hydrogens is 218 g/mol.